The Hall–Kier alpha value is -2.51. The molecule has 0 bridgehead atoms. The topological polar surface area (TPSA) is 21.7 Å². The van der Waals surface area contributed by atoms with Crippen LogP contribution in [-0.2, 0) is 0 Å². The number of hydrogen-bond acceptors (Lipinski definition) is 3. The Labute approximate surface area is 187 Å². The van der Waals surface area contributed by atoms with E-state index in [1.807, 2.05) is 18.2 Å². The Kier molecular flexibility index (Phi) is 5.52. The van der Waals surface area contributed by atoms with E-state index < -0.39 is 7.92 Å². The van der Waals surface area contributed by atoms with Crippen LogP contribution < -0.4 is 19.7 Å². The second-order valence-electron chi connectivity index (χ2n) is 9.38. The quantitative estimate of drug-likeness (QED) is 0.407. The van der Waals surface area contributed by atoms with E-state index in [9.17, 15) is 0 Å². The van der Waals surface area contributed by atoms with Gasteiger partial charge in [0.15, 0.2) is 0 Å². The summed E-state index contributed by atoms with van der Waals surface area (Å²) in [5, 5.41) is 1.48. The molecule has 0 amide bonds. The number of fused-ring (bicyclic) bond motifs is 1. The summed E-state index contributed by atoms with van der Waals surface area (Å²) in [7, 11) is 2.89. The molecule has 0 fully saturated rings. The molecule has 1 aliphatic heterocycles. The minimum Gasteiger partial charge on any atom is -0.496 e. The molecule has 1 unspecified atom stereocenters. The van der Waals surface area contributed by atoms with Gasteiger partial charge in [0, 0.05) is 11.0 Å². The first-order valence-corrected chi connectivity index (χ1v) is 12.1. The second kappa shape index (κ2) is 7.88. The minimum atomic E-state index is -0.573. The zero-order chi connectivity index (χ0) is 22.4. The summed E-state index contributed by atoms with van der Waals surface area (Å²) in [4.78, 5) is 2.53. The highest BCUT2D eigenvalue weighted by atomic mass is 31.1. The minimum absolute atomic E-state index is 0.0530. The van der Waals surface area contributed by atoms with Gasteiger partial charge in [-0.15, -0.1) is 0 Å². The number of hydrogen-bond donors (Lipinski definition) is 0. The first-order chi connectivity index (χ1) is 14.7. The van der Waals surface area contributed by atoms with Crippen LogP contribution in [-0.4, -0.2) is 24.7 Å². The van der Waals surface area contributed by atoms with Crippen LogP contribution in [0.1, 0.15) is 34.6 Å². The van der Waals surface area contributed by atoms with Gasteiger partial charge in [0.1, 0.15) is 11.5 Å². The third-order valence-electron chi connectivity index (χ3n) is 5.96. The third kappa shape index (κ3) is 3.49. The van der Waals surface area contributed by atoms with Crippen molar-refractivity contribution in [3.63, 3.8) is 0 Å². The first-order valence-electron chi connectivity index (χ1n) is 10.7. The van der Waals surface area contributed by atoms with Crippen LogP contribution in [0.3, 0.4) is 0 Å². The number of anilines is 2. The van der Waals surface area contributed by atoms with E-state index in [0.29, 0.717) is 0 Å². The highest BCUT2D eigenvalue weighted by Gasteiger charge is 2.51. The average Bonchev–Trinajstić information content (AvgIpc) is 2.99. The zero-order valence-corrected chi connectivity index (χ0v) is 20.5. The molecule has 162 valence electrons. The number of benzene rings is 3. The van der Waals surface area contributed by atoms with Gasteiger partial charge in [-0.3, -0.25) is 0 Å². The van der Waals surface area contributed by atoms with Crippen molar-refractivity contribution in [1.29, 1.82) is 0 Å². The first kappa shape index (κ1) is 21.7. The fourth-order valence-electron chi connectivity index (χ4n) is 5.12. The Morgan fingerprint density at radius 3 is 1.90 bits per heavy atom. The molecule has 1 heterocycles. The maximum atomic E-state index is 5.80. The van der Waals surface area contributed by atoms with Crippen molar-refractivity contribution in [2.75, 3.05) is 19.1 Å². The van der Waals surface area contributed by atoms with E-state index in [2.05, 4.69) is 88.0 Å². The molecular weight excluding hydrogens is 401 g/mol. The van der Waals surface area contributed by atoms with Gasteiger partial charge < -0.3 is 14.4 Å². The molecule has 0 aromatic heterocycles. The van der Waals surface area contributed by atoms with Gasteiger partial charge in [0.25, 0.3) is 0 Å². The van der Waals surface area contributed by atoms with E-state index in [1.54, 1.807) is 14.2 Å². The van der Waals surface area contributed by atoms with Crippen molar-refractivity contribution in [3.05, 3.63) is 66.7 Å². The van der Waals surface area contributed by atoms with Crippen molar-refractivity contribution in [1.82, 2.24) is 0 Å². The monoisotopic (exact) mass is 433 g/mol. The predicted molar refractivity (Wildman–Crippen MR) is 134 cm³/mol. The molecule has 0 saturated carbocycles. The van der Waals surface area contributed by atoms with Crippen molar-refractivity contribution in [2.45, 2.75) is 45.1 Å². The number of nitrogens with zero attached hydrogens (tertiary/aromatic N) is 1. The lowest BCUT2D eigenvalue weighted by molar-refractivity contribution is 0.397. The van der Waals surface area contributed by atoms with Crippen LogP contribution in [0.4, 0.5) is 11.4 Å². The number of methoxy groups -OCH3 is 2. The van der Waals surface area contributed by atoms with E-state index in [1.165, 1.54) is 22.2 Å². The van der Waals surface area contributed by atoms with Crippen molar-refractivity contribution in [3.8, 4) is 22.6 Å². The molecule has 1 aliphatic rings. The highest BCUT2D eigenvalue weighted by molar-refractivity contribution is 7.70. The maximum absolute atomic E-state index is 5.80. The van der Waals surface area contributed by atoms with Crippen molar-refractivity contribution >= 4 is 24.6 Å². The van der Waals surface area contributed by atoms with Crippen molar-refractivity contribution in [2.24, 2.45) is 0 Å². The molecule has 3 nitrogen and oxygen atoms in total. The molecule has 0 N–H and O–H groups in total. The summed E-state index contributed by atoms with van der Waals surface area (Å²) in [5.74, 6) is 1.68. The summed E-state index contributed by atoms with van der Waals surface area (Å²) in [6.45, 7) is 11.9. The molecule has 4 heteroatoms. The molecule has 1 atom stereocenters. The van der Waals surface area contributed by atoms with Crippen molar-refractivity contribution < 1.29 is 9.47 Å². The smallest absolute Gasteiger partial charge is 0.130 e. The van der Waals surface area contributed by atoms with Gasteiger partial charge in [0.05, 0.1) is 30.8 Å². The largest absolute Gasteiger partial charge is 0.496 e. The van der Waals surface area contributed by atoms with Crippen LogP contribution in [0, 0.1) is 0 Å². The normalized spacial score (nSPS) is 17.4. The lowest BCUT2D eigenvalue weighted by Crippen LogP contribution is -2.38. The lowest BCUT2D eigenvalue weighted by atomic mass is 10.0. The second-order valence-corrected chi connectivity index (χ2v) is 12.9. The molecule has 31 heavy (non-hydrogen) atoms. The van der Waals surface area contributed by atoms with E-state index in [0.717, 1.165) is 17.1 Å². The number of rotatable bonds is 4. The van der Waals surface area contributed by atoms with Crippen LogP contribution in [0.15, 0.2) is 66.7 Å². The molecule has 0 aliphatic carbocycles. The van der Waals surface area contributed by atoms with Gasteiger partial charge in [-0.1, -0.05) is 57.2 Å². The summed E-state index contributed by atoms with van der Waals surface area (Å²) in [6.07, 6.45) is 0. The summed E-state index contributed by atoms with van der Waals surface area (Å²) >= 11 is 0. The Morgan fingerprint density at radius 2 is 1.35 bits per heavy atom. The zero-order valence-electron chi connectivity index (χ0n) is 19.6. The van der Waals surface area contributed by atoms with E-state index >= 15 is 0 Å². The van der Waals surface area contributed by atoms with Gasteiger partial charge in [-0.25, -0.2) is 0 Å². The summed E-state index contributed by atoms with van der Waals surface area (Å²) in [6, 6.07) is 23.4. The molecule has 0 spiro atoms. The third-order valence-corrected chi connectivity index (χ3v) is 9.51. The number of para-hydroxylation sites is 1. The number of ether oxygens (including phenoxy) is 2. The van der Waals surface area contributed by atoms with E-state index in [-0.39, 0.29) is 10.4 Å². The maximum Gasteiger partial charge on any atom is 0.130 e. The Morgan fingerprint density at radius 1 is 0.774 bits per heavy atom. The summed E-state index contributed by atoms with van der Waals surface area (Å²) < 4.78 is 11.6. The molecule has 0 radical (unpaired) electrons. The molecule has 0 saturated heterocycles. The van der Waals surface area contributed by atoms with Crippen LogP contribution in [0.5, 0.6) is 11.5 Å². The summed E-state index contributed by atoms with van der Waals surface area (Å²) in [5.41, 5.74) is 4.75. The predicted octanol–water partition coefficient (Wildman–Crippen LogP) is 7.16. The standard InChI is InChI=1S/C27H32NO2P/c1-26(2,3)31-25-20(24-22(29-6)17-12-18-23(24)30-7)15-11-16-21(25)28(27(31,4)5)19-13-9-8-10-14-19/h8-18H,1-7H3. The highest BCUT2D eigenvalue weighted by Crippen LogP contribution is 2.68. The Balaban J connectivity index is 2.08. The Bertz CT molecular complexity index is 1060. The van der Waals surface area contributed by atoms with Gasteiger partial charge in [-0.2, -0.15) is 0 Å². The van der Waals surface area contributed by atoms with Gasteiger partial charge in [0.2, 0.25) is 0 Å². The van der Waals surface area contributed by atoms with Crippen LogP contribution in [0.25, 0.3) is 11.1 Å². The SMILES string of the molecule is COc1cccc(OC)c1-c1cccc2c1P(C(C)(C)C)C(C)(C)N2c1ccccc1. The molecule has 3 aromatic carbocycles. The molecular formula is C27H32NO2P. The average molecular weight is 434 g/mol. The molecule has 4 rings (SSSR count). The fourth-order valence-corrected chi connectivity index (χ4v) is 9.24. The van der Waals surface area contributed by atoms with E-state index in [4.69, 9.17) is 9.47 Å². The lowest BCUT2D eigenvalue weighted by Gasteiger charge is -2.43. The van der Waals surface area contributed by atoms with Gasteiger partial charge in [-0.05, 0) is 62.8 Å². The van der Waals surface area contributed by atoms with Crippen LogP contribution in [0.2, 0.25) is 0 Å². The van der Waals surface area contributed by atoms with Crippen LogP contribution >= 0.6 is 7.92 Å². The fraction of sp³-hybridized carbons (Fsp3) is 0.333. The van der Waals surface area contributed by atoms with Gasteiger partial charge >= 0.3 is 0 Å². The molecule has 3 aromatic rings.